The molecule has 102 valence electrons. The van der Waals surface area contributed by atoms with Gasteiger partial charge in [0.1, 0.15) is 5.69 Å². The minimum Gasteiger partial charge on any atom is -0.464 e. The lowest BCUT2D eigenvalue weighted by Crippen LogP contribution is -2.31. The maximum atomic E-state index is 11.2. The predicted molar refractivity (Wildman–Crippen MR) is 66.5 cm³/mol. The van der Waals surface area contributed by atoms with Gasteiger partial charge in [0.15, 0.2) is 0 Å². The number of carbonyl (C=O) groups excluding carboxylic acids is 1. The van der Waals surface area contributed by atoms with Gasteiger partial charge in [-0.1, -0.05) is 0 Å². The largest absolute Gasteiger partial charge is 0.464 e. The van der Waals surface area contributed by atoms with Crippen LogP contribution in [0.2, 0.25) is 0 Å². The highest BCUT2D eigenvalue weighted by Crippen LogP contribution is 2.03. The third-order valence-corrected chi connectivity index (χ3v) is 2.53. The third kappa shape index (κ3) is 4.48. The quantitative estimate of drug-likeness (QED) is 0.665. The molecule has 0 aromatic carbocycles. The lowest BCUT2D eigenvalue weighted by Gasteiger charge is -2.14. The van der Waals surface area contributed by atoms with E-state index in [1.165, 1.54) is 7.11 Å². The molecule has 0 saturated carbocycles. The van der Waals surface area contributed by atoms with Crippen LogP contribution in [0.1, 0.15) is 16.2 Å². The molecule has 6 nitrogen and oxygen atoms in total. The van der Waals surface area contributed by atoms with Crippen molar-refractivity contribution in [2.24, 2.45) is 0 Å². The van der Waals surface area contributed by atoms with Gasteiger partial charge in [-0.15, -0.1) is 0 Å². The number of aromatic amines is 1. The molecule has 0 saturated heterocycles. The molecule has 0 radical (unpaired) electrons. The van der Waals surface area contributed by atoms with E-state index in [0.717, 1.165) is 5.69 Å². The second-order valence-corrected chi connectivity index (χ2v) is 3.83. The van der Waals surface area contributed by atoms with E-state index in [2.05, 4.69) is 15.0 Å². The number of rotatable bonds is 8. The van der Waals surface area contributed by atoms with Crippen molar-refractivity contribution in [1.82, 2.24) is 10.3 Å². The first-order valence-corrected chi connectivity index (χ1v) is 5.70. The third-order valence-electron chi connectivity index (χ3n) is 2.53. The smallest absolute Gasteiger partial charge is 0.354 e. The number of ether oxygens (including phenoxy) is 3. The molecule has 1 aromatic heterocycles. The Hall–Kier alpha value is -1.37. The summed E-state index contributed by atoms with van der Waals surface area (Å²) in [5.74, 6) is -0.365. The van der Waals surface area contributed by atoms with Gasteiger partial charge in [0, 0.05) is 33.0 Å². The Morgan fingerprint density at radius 1 is 1.39 bits per heavy atom. The Balaban J connectivity index is 2.35. The van der Waals surface area contributed by atoms with Crippen LogP contribution in [-0.2, 0) is 20.8 Å². The predicted octanol–water partition coefficient (Wildman–Crippen LogP) is 0.552. The van der Waals surface area contributed by atoms with E-state index in [1.807, 2.05) is 6.07 Å². The molecule has 0 bridgehead atoms. The second-order valence-electron chi connectivity index (χ2n) is 3.83. The Kier molecular flexibility index (Phi) is 6.42. The molecule has 0 aliphatic rings. The number of hydrogen-bond acceptors (Lipinski definition) is 5. The lowest BCUT2D eigenvalue weighted by atomic mass is 10.3. The number of hydrogen-bond donors (Lipinski definition) is 2. The first-order chi connectivity index (χ1) is 8.71. The summed E-state index contributed by atoms with van der Waals surface area (Å²) in [7, 11) is 4.64. The minimum atomic E-state index is -0.365. The number of carbonyl (C=O) groups is 1. The Bertz CT molecular complexity index is 365. The summed E-state index contributed by atoms with van der Waals surface area (Å²) in [5, 5.41) is 3.22. The van der Waals surface area contributed by atoms with Crippen molar-refractivity contribution in [3.05, 3.63) is 23.5 Å². The van der Waals surface area contributed by atoms with E-state index in [0.29, 0.717) is 25.4 Å². The normalized spacial score (nSPS) is 12.4. The fourth-order valence-corrected chi connectivity index (χ4v) is 1.54. The summed E-state index contributed by atoms with van der Waals surface area (Å²) >= 11 is 0. The van der Waals surface area contributed by atoms with Crippen molar-refractivity contribution in [3.63, 3.8) is 0 Å². The first kappa shape index (κ1) is 14.7. The van der Waals surface area contributed by atoms with E-state index >= 15 is 0 Å². The average molecular weight is 256 g/mol. The van der Waals surface area contributed by atoms with Crippen LogP contribution in [0.4, 0.5) is 0 Å². The van der Waals surface area contributed by atoms with Gasteiger partial charge in [0.25, 0.3) is 0 Å². The molecule has 0 fully saturated rings. The molecule has 1 atom stereocenters. The Morgan fingerprint density at radius 3 is 2.78 bits per heavy atom. The summed E-state index contributed by atoms with van der Waals surface area (Å²) in [6.45, 7) is 1.85. The van der Waals surface area contributed by atoms with Crippen LogP contribution in [0, 0.1) is 0 Å². The standard InChI is InChI=1S/C12H20N2O4/c1-16-8-10(17-2)7-13-6-9-4-5-11(14-9)12(15)18-3/h4-5,10,13-14H,6-8H2,1-3H3. The zero-order valence-corrected chi connectivity index (χ0v) is 11.0. The van der Waals surface area contributed by atoms with E-state index in [1.54, 1.807) is 20.3 Å². The Labute approximate surface area is 107 Å². The number of nitrogens with one attached hydrogen (secondary N) is 2. The molecule has 0 amide bonds. The summed E-state index contributed by atoms with van der Waals surface area (Å²) in [6, 6.07) is 3.54. The van der Waals surface area contributed by atoms with Crippen molar-refractivity contribution in [2.45, 2.75) is 12.6 Å². The Morgan fingerprint density at radius 2 is 2.17 bits per heavy atom. The maximum Gasteiger partial charge on any atom is 0.354 e. The van der Waals surface area contributed by atoms with Crippen molar-refractivity contribution >= 4 is 5.97 Å². The van der Waals surface area contributed by atoms with E-state index < -0.39 is 0 Å². The van der Waals surface area contributed by atoms with E-state index in [9.17, 15) is 4.79 Å². The highest BCUT2D eigenvalue weighted by Gasteiger charge is 2.09. The van der Waals surface area contributed by atoms with Gasteiger partial charge in [-0.2, -0.15) is 0 Å². The molecule has 1 unspecified atom stereocenters. The van der Waals surface area contributed by atoms with Gasteiger partial charge >= 0.3 is 5.97 Å². The van der Waals surface area contributed by atoms with Gasteiger partial charge in [-0.25, -0.2) is 4.79 Å². The summed E-state index contributed by atoms with van der Waals surface area (Å²) in [6.07, 6.45) is 0.0186. The van der Waals surface area contributed by atoms with Gasteiger partial charge < -0.3 is 24.5 Å². The highest BCUT2D eigenvalue weighted by atomic mass is 16.5. The van der Waals surface area contributed by atoms with Gasteiger partial charge in [-0.05, 0) is 12.1 Å². The molecule has 1 heterocycles. The number of aromatic nitrogens is 1. The van der Waals surface area contributed by atoms with Crippen LogP contribution in [0.5, 0.6) is 0 Å². The highest BCUT2D eigenvalue weighted by molar-refractivity contribution is 5.87. The van der Waals surface area contributed by atoms with Crippen LogP contribution < -0.4 is 5.32 Å². The summed E-state index contributed by atoms with van der Waals surface area (Å²) < 4.78 is 14.8. The molecule has 2 N–H and O–H groups in total. The number of methoxy groups -OCH3 is 3. The fourth-order valence-electron chi connectivity index (χ4n) is 1.54. The van der Waals surface area contributed by atoms with Crippen LogP contribution >= 0.6 is 0 Å². The number of H-pyrrole nitrogens is 1. The van der Waals surface area contributed by atoms with E-state index in [4.69, 9.17) is 9.47 Å². The molecular weight excluding hydrogens is 236 g/mol. The summed E-state index contributed by atoms with van der Waals surface area (Å²) in [5.41, 5.74) is 1.37. The molecular formula is C12H20N2O4. The average Bonchev–Trinajstić information content (AvgIpc) is 2.85. The summed E-state index contributed by atoms with van der Waals surface area (Å²) in [4.78, 5) is 14.2. The second kappa shape index (κ2) is 7.86. The van der Waals surface area contributed by atoms with E-state index in [-0.39, 0.29) is 12.1 Å². The van der Waals surface area contributed by atoms with Crippen LogP contribution in [-0.4, -0.2) is 51.5 Å². The van der Waals surface area contributed by atoms with Crippen LogP contribution in [0.3, 0.4) is 0 Å². The lowest BCUT2D eigenvalue weighted by molar-refractivity contribution is 0.0287. The van der Waals surface area contributed by atoms with Crippen molar-refractivity contribution in [1.29, 1.82) is 0 Å². The van der Waals surface area contributed by atoms with Gasteiger partial charge in [-0.3, -0.25) is 0 Å². The molecule has 18 heavy (non-hydrogen) atoms. The van der Waals surface area contributed by atoms with Crippen molar-refractivity contribution in [2.75, 3.05) is 34.5 Å². The minimum absolute atomic E-state index is 0.0186. The SMILES string of the molecule is COCC(CNCc1ccc(C(=O)OC)[nH]1)OC. The molecule has 0 aliphatic carbocycles. The van der Waals surface area contributed by atoms with Crippen molar-refractivity contribution < 1.29 is 19.0 Å². The molecule has 0 aliphatic heterocycles. The monoisotopic (exact) mass is 256 g/mol. The van der Waals surface area contributed by atoms with Crippen molar-refractivity contribution in [3.8, 4) is 0 Å². The molecule has 1 aromatic rings. The zero-order valence-electron chi connectivity index (χ0n) is 11.0. The number of esters is 1. The molecule has 0 spiro atoms. The van der Waals surface area contributed by atoms with Crippen LogP contribution in [0.15, 0.2) is 12.1 Å². The first-order valence-electron chi connectivity index (χ1n) is 5.70. The van der Waals surface area contributed by atoms with Crippen LogP contribution in [0.25, 0.3) is 0 Å². The maximum absolute atomic E-state index is 11.2. The molecule has 1 rings (SSSR count). The fraction of sp³-hybridized carbons (Fsp3) is 0.583. The van der Waals surface area contributed by atoms with Gasteiger partial charge in [0.2, 0.25) is 0 Å². The topological polar surface area (TPSA) is 72.6 Å². The molecule has 6 heteroatoms. The zero-order chi connectivity index (χ0) is 13.4. The van der Waals surface area contributed by atoms with Gasteiger partial charge in [0.05, 0.1) is 19.8 Å².